The molecule has 0 radical (unpaired) electrons. The third-order valence-corrected chi connectivity index (χ3v) is 2.72. The minimum atomic E-state index is 0.688. The quantitative estimate of drug-likeness (QED) is 0.569. The Balaban J connectivity index is 2.33. The lowest BCUT2D eigenvalue weighted by atomic mass is 10.0. The smallest absolute Gasteiger partial charge is 0.0348 e. The van der Waals surface area contributed by atoms with Crippen LogP contribution in [0.5, 0.6) is 0 Å². The molecular weight excluding hydrogens is 218 g/mol. The summed E-state index contributed by atoms with van der Waals surface area (Å²) in [5, 5.41) is 3.30. The van der Waals surface area contributed by atoms with Crippen LogP contribution in [0.1, 0.15) is 25.0 Å². The fourth-order valence-corrected chi connectivity index (χ4v) is 1.87. The first-order chi connectivity index (χ1) is 7.72. The Bertz CT molecular complexity index is 279. The molecule has 90 valence electrons. The minimum absolute atomic E-state index is 0.688. The standard InChI is InChI=1S/C14H22ClN/c1-12(2)11-14-5-3-13(4-6-14)7-9-16-10-8-15/h3-6,12,16H,7-11H2,1-2H3. The van der Waals surface area contributed by atoms with Crippen molar-refractivity contribution in [1.82, 2.24) is 5.32 Å². The summed E-state index contributed by atoms with van der Waals surface area (Å²) in [6.07, 6.45) is 2.25. The molecule has 0 fully saturated rings. The predicted octanol–water partition coefficient (Wildman–Crippen LogP) is 3.26. The summed E-state index contributed by atoms with van der Waals surface area (Å²) in [7, 11) is 0. The predicted molar refractivity (Wildman–Crippen MR) is 72.3 cm³/mol. The fraction of sp³-hybridized carbons (Fsp3) is 0.571. The van der Waals surface area contributed by atoms with Crippen LogP contribution in [0.4, 0.5) is 0 Å². The van der Waals surface area contributed by atoms with Gasteiger partial charge >= 0.3 is 0 Å². The zero-order valence-electron chi connectivity index (χ0n) is 10.3. The highest BCUT2D eigenvalue weighted by atomic mass is 35.5. The van der Waals surface area contributed by atoms with Gasteiger partial charge in [0.2, 0.25) is 0 Å². The first-order valence-electron chi connectivity index (χ1n) is 6.07. The highest BCUT2D eigenvalue weighted by molar-refractivity contribution is 6.18. The van der Waals surface area contributed by atoms with Gasteiger partial charge in [-0.3, -0.25) is 0 Å². The van der Waals surface area contributed by atoms with E-state index >= 15 is 0 Å². The molecule has 0 bridgehead atoms. The third-order valence-electron chi connectivity index (χ3n) is 2.53. The first kappa shape index (κ1) is 13.5. The number of hydrogen-bond acceptors (Lipinski definition) is 1. The van der Waals surface area contributed by atoms with Gasteiger partial charge in [-0.2, -0.15) is 0 Å². The van der Waals surface area contributed by atoms with Crippen molar-refractivity contribution in [2.45, 2.75) is 26.7 Å². The molecule has 1 rings (SSSR count). The van der Waals surface area contributed by atoms with Crippen molar-refractivity contribution >= 4 is 11.6 Å². The van der Waals surface area contributed by atoms with E-state index < -0.39 is 0 Å². The average Bonchev–Trinajstić information content (AvgIpc) is 2.26. The average molecular weight is 240 g/mol. The molecule has 0 aliphatic rings. The van der Waals surface area contributed by atoms with Crippen molar-refractivity contribution in [3.63, 3.8) is 0 Å². The van der Waals surface area contributed by atoms with E-state index in [-0.39, 0.29) is 0 Å². The van der Waals surface area contributed by atoms with Crippen LogP contribution in [0.3, 0.4) is 0 Å². The summed E-state index contributed by atoms with van der Waals surface area (Å²) in [5.74, 6) is 1.42. The Labute approximate surface area is 104 Å². The van der Waals surface area contributed by atoms with Gasteiger partial charge in [0.1, 0.15) is 0 Å². The summed E-state index contributed by atoms with van der Waals surface area (Å²) >= 11 is 5.59. The molecule has 2 heteroatoms. The van der Waals surface area contributed by atoms with Crippen molar-refractivity contribution < 1.29 is 0 Å². The van der Waals surface area contributed by atoms with E-state index in [9.17, 15) is 0 Å². The Morgan fingerprint density at radius 1 is 1.06 bits per heavy atom. The SMILES string of the molecule is CC(C)Cc1ccc(CCNCCCl)cc1. The molecule has 0 atom stereocenters. The Hall–Kier alpha value is -0.530. The summed E-state index contributed by atoms with van der Waals surface area (Å²) in [6, 6.07) is 8.97. The van der Waals surface area contributed by atoms with Crippen molar-refractivity contribution in [3.05, 3.63) is 35.4 Å². The van der Waals surface area contributed by atoms with Crippen LogP contribution in [0.15, 0.2) is 24.3 Å². The highest BCUT2D eigenvalue weighted by Crippen LogP contribution is 2.09. The second-order valence-electron chi connectivity index (χ2n) is 4.60. The molecule has 1 N–H and O–H groups in total. The zero-order chi connectivity index (χ0) is 11.8. The third kappa shape index (κ3) is 5.53. The number of halogens is 1. The number of alkyl halides is 1. The maximum atomic E-state index is 5.59. The van der Waals surface area contributed by atoms with Gasteiger partial charge < -0.3 is 5.32 Å². The van der Waals surface area contributed by atoms with E-state index in [0.29, 0.717) is 5.88 Å². The molecule has 0 amide bonds. The second kappa shape index (κ2) is 7.70. The minimum Gasteiger partial charge on any atom is -0.315 e. The summed E-state index contributed by atoms with van der Waals surface area (Å²) in [5.41, 5.74) is 2.84. The monoisotopic (exact) mass is 239 g/mol. The molecule has 1 aromatic rings. The Morgan fingerprint density at radius 2 is 1.69 bits per heavy atom. The number of nitrogens with one attached hydrogen (secondary N) is 1. The van der Waals surface area contributed by atoms with E-state index in [0.717, 1.165) is 25.4 Å². The van der Waals surface area contributed by atoms with Gasteiger partial charge in [0, 0.05) is 12.4 Å². The molecule has 0 saturated carbocycles. The molecule has 0 spiro atoms. The van der Waals surface area contributed by atoms with E-state index in [1.54, 1.807) is 0 Å². The molecule has 0 heterocycles. The summed E-state index contributed by atoms with van der Waals surface area (Å²) < 4.78 is 0. The van der Waals surface area contributed by atoms with Gasteiger partial charge in [-0.05, 0) is 36.4 Å². The maximum absolute atomic E-state index is 5.59. The maximum Gasteiger partial charge on any atom is 0.0348 e. The van der Waals surface area contributed by atoms with Gasteiger partial charge in [-0.1, -0.05) is 38.1 Å². The van der Waals surface area contributed by atoms with Crippen LogP contribution < -0.4 is 5.32 Å². The Kier molecular flexibility index (Phi) is 6.51. The molecule has 0 saturated heterocycles. The summed E-state index contributed by atoms with van der Waals surface area (Å²) in [6.45, 7) is 6.41. The number of rotatable bonds is 7. The van der Waals surface area contributed by atoms with Gasteiger partial charge in [0.25, 0.3) is 0 Å². The molecular formula is C14H22ClN. The van der Waals surface area contributed by atoms with Gasteiger partial charge in [-0.15, -0.1) is 11.6 Å². The fourth-order valence-electron chi connectivity index (χ4n) is 1.74. The molecule has 1 aromatic carbocycles. The van der Waals surface area contributed by atoms with Gasteiger partial charge in [-0.25, -0.2) is 0 Å². The molecule has 1 nitrogen and oxygen atoms in total. The van der Waals surface area contributed by atoms with Crippen LogP contribution in [-0.2, 0) is 12.8 Å². The van der Waals surface area contributed by atoms with E-state index in [1.165, 1.54) is 17.5 Å². The van der Waals surface area contributed by atoms with Crippen molar-refractivity contribution in [1.29, 1.82) is 0 Å². The normalized spacial score (nSPS) is 11.0. The molecule has 0 aliphatic heterocycles. The number of benzene rings is 1. The highest BCUT2D eigenvalue weighted by Gasteiger charge is 1.98. The molecule has 0 aromatic heterocycles. The van der Waals surface area contributed by atoms with Gasteiger partial charge in [0.15, 0.2) is 0 Å². The van der Waals surface area contributed by atoms with Crippen LogP contribution in [-0.4, -0.2) is 19.0 Å². The lowest BCUT2D eigenvalue weighted by Crippen LogP contribution is -2.19. The molecule has 0 unspecified atom stereocenters. The van der Waals surface area contributed by atoms with Crippen molar-refractivity contribution in [3.8, 4) is 0 Å². The van der Waals surface area contributed by atoms with E-state index in [2.05, 4.69) is 43.4 Å². The van der Waals surface area contributed by atoms with E-state index in [1.807, 2.05) is 0 Å². The zero-order valence-corrected chi connectivity index (χ0v) is 11.1. The van der Waals surface area contributed by atoms with Crippen LogP contribution >= 0.6 is 11.6 Å². The van der Waals surface area contributed by atoms with Crippen LogP contribution in [0, 0.1) is 5.92 Å². The Morgan fingerprint density at radius 3 is 2.25 bits per heavy atom. The number of hydrogen-bond donors (Lipinski definition) is 1. The topological polar surface area (TPSA) is 12.0 Å². The van der Waals surface area contributed by atoms with Crippen LogP contribution in [0.2, 0.25) is 0 Å². The second-order valence-corrected chi connectivity index (χ2v) is 4.98. The molecule has 16 heavy (non-hydrogen) atoms. The first-order valence-corrected chi connectivity index (χ1v) is 6.60. The lowest BCUT2D eigenvalue weighted by Gasteiger charge is -2.07. The molecule has 0 aliphatic carbocycles. The largest absolute Gasteiger partial charge is 0.315 e. The van der Waals surface area contributed by atoms with E-state index in [4.69, 9.17) is 11.6 Å². The lowest BCUT2D eigenvalue weighted by molar-refractivity contribution is 0.647. The summed E-state index contributed by atoms with van der Waals surface area (Å²) in [4.78, 5) is 0. The van der Waals surface area contributed by atoms with Crippen molar-refractivity contribution in [2.75, 3.05) is 19.0 Å². The van der Waals surface area contributed by atoms with Gasteiger partial charge in [0.05, 0.1) is 0 Å². The van der Waals surface area contributed by atoms with Crippen molar-refractivity contribution in [2.24, 2.45) is 5.92 Å². The van der Waals surface area contributed by atoms with Crippen LogP contribution in [0.25, 0.3) is 0 Å².